The van der Waals surface area contributed by atoms with Gasteiger partial charge in [0.1, 0.15) is 5.75 Å². The molecule has 1 aromatic rings. The number of hydrogen-bond donors (Lipinski definition) is 1. The van der Waals surface area contributed by atoms with E-state index in [-0.39, 0.29) is 11.8 Å². The highest BCUT2D eigenvalue weighted by atomic mass is 19.4. The zero-order valence-electron chi connectivity index (χ0n) is 11.3. The number of alkyl halides is 3. The number of nitrogens with two attached hydrogens (primary N) is 1. The van der Waals surface area contributed by atoms with E-state index in [1.807, 2.05) is 0 Å². The van der Waals surface area contributed by atoms with Gasteiger partial charge in [0, 0.05) is 11.6 Å². The minimum absolute atomic E-state index is 0.207. The summed E-state index contributed by atoms with van der Waals surface area (Å²) in [5.41, 5.74) is 5.93. The predicted octanol–water partition coefficient (Wildman–Crippen LogP) is 4.29. The normalized spacial score (nSPS) is 13.4. The second-order valence-electron chi connectivity index (χ2n) is 4.56. The van der Waals surface area contributed by atoms with Crippen LogP contribution in [-0.2, 0) is 6.18 Å². The van der Waals surface area contributed by atoms with E-state index in [0.29, 0.717) is 5.56 Å². The molecule has 0 aliphatic carbocycles. The first-order chi connectivity index (χ1) is 8.90. The molecule has 5 heteroatoms. The van der Waals surface area contributed by atoms with Crippen molar-refractivity contribution >= 4 is 0 Å². The third-order valence-electron chi connectivity index (χ3n) is 3.08. The molecular formula is C14H20F3NO. The summed E-state index contributed by atoms with van der Waals surface area (Å²) in [5.74, 6) is 0.207. The van der Waals surface area contributed by atoms with Crippen LogP contribution in [0.2, 0.25) is 0 Å². The summed E-state index contributed by atoms with van der Waals surface area (Å²) in [4.78, 5) is 0. The average Bonchev–Trinajstić information content (AvgIpc) is 2.37. The first-order valence-corrected chi connectivity index (χ1v) is 6.40. The van der Waals surface area contributed by atoms with Crippen molar-refractivity contribution in [1.82, 2.24) is 0 Å². The molecule has 1 atom stereocenters. The number of hydrogen-bond acceptors (Lipinski definition) is 2. The number of rotatable bonds is 6. The Hall–Kier alpha value is -1.23. The maximum Gasteiger partial charge on any atom is 0.416 e. The summed E-state index contributed by atoms with van der Waals surface area (Å²) in [6, 6.07) is 3.19. The van der Waals surface area contributed by atoms with Gasteiger partial charge in [-0.2, -0.15) is 13.2 Å². The van der Waals surface area contributed by atoms with Crippen molar-refractivity contribution in [2.45, 2.75) is 44.8 Å². The van der Waals surface area contributed by atoms with Crippen LogP contribution in [0.15, 0.2) is 18.2 Å². The zero-order valence-corrected chi connectivity index (χ0v) is 11.3. The monoisotopic (exact) mass is 275 g/mol. The lowest BCUT2D eigenvalue weighted by Crippen LogP contribution is -2.13. The molecule has 0 aromatic heterocycles. The standard InChI is InChI=1S/C14H20F3NO/c1-3-4-5-6-12(18)11-8-7-10(14(15,16)17)9-13(11)19-2/h7-9,12H,3-6,18H2,1-2H3/t12-/m1/s1. The van der Waals surface area contributed by atoms with Gasteiger partial charge < -0.3 is 10.5 Å². The molecular weight excluding hydrogens is 255 g/mol. The SMILES string of the molecule is CCCCC[C@@H](N)c1ccc(C(F)(F)F)cc1OC. The highest BCUT2D eigenvalue weighted by molar-refractivity contribution is 5.40. The van der Waals surface area contributed by atoms with Gasteiger partial charge in [0.2, 0.25) is 0 Å². The van der Waals surface area contributed by atoms with Gasteiger partial charge in [0.05, 0.1) is 12.7 Å². The number of halogens is 3. The van der Waals surface area contributed by atoms with E-state index in [4.69, 9.17) is 10.5 Å². The van der Waals surface area contributed by atoms with Crippen LogP contribution in [0.5, 0.6) is 5.75 Å². The van der Waals surface area contributed by atoms with Crippen molar-refractivity contribution in [2.75, 3.05) is 7.11 Å². The summed E-state index contributed by atoms with van der Waals surface area (Å²) in [7, 11) is 1.36. The zero-order chi connectivity index (χ0) is 14.5. The Bertz CT molecular complexity index is 404. The maximum absolute atomic E-state index is 12.6. The van der Waals surface area contributed by atoms with Gasteiger partial charge in [-0.3, -0.25) is 0 Å². The molecule has 0 unspecified atom stereocenters. The molecule has 0 saturated heterocycles. The van der Waals surface area contributed by atoms with Gasteiger partial charge in [-0.15, -0.1) is 0 Å². The lowest BCUT2D eigenvalue weighted by Gasteiger charge is -2.17. The predicted molar refractivity (Wildman–Crippen MR) is 69.1 cm³/mol. The lowest BCUT2D eigenvalue weighted by molar-refractivity contribution is -0.137. The Morgan fingerprint density at radius 2 is 1.95 bits per heavy atom. The summed E-state index contributed by atoms with van der Waals surface area (Å²) < 4.78 is 42.8. The van der Waals surface area contributed by atoms with Crippen LogP contribution in [0, 0.1) is 0 Å². The summed E-state index contributed by atoms with van der Waals surface area (Å²) in [6.07, 6.45) is -0.511. The fourth-order valence-corrected chi connectivity index (χ4v) is 1.96. The quantitative estimate of drug-likeness (QED) is 0.786. The topological polar surface area (TPSA) is 35.2 Å². The van der Waals surface area contributed by atoms with E-state index >= 15 is 0 Å². The second kappa shape index (κ2) is 6.80. The van der Waals surface area contributed by atoms with Crippen molar-refractivity contribution in [1.29, 1.82) is 0 Å². The van der Waals surface area contributed by atoms with Crippen molar-refractivity contribution in [2.24, 2.45) is 5.73 Å². The number of methoxy groups -OCH3 is 1. The van der Waals surface area contributed by atoms with Crippen LogP contribution < -0.4 is 10.5 Å². The van der Waals surface area contributed by atoms with E-state index in [9.17, 15) is 13.2 Å². The first-order valence-electron chi connectivity index (χ1n) is 6.40. The summed E-state index contributed by atoms with van der Waals surface area (Å²) in [5, 5.41) is 0. The van der Waals surface area contributed by atoms with Crippen LogP contribution in [0.4, 0.5) is 13.2 Å². The number of unbranched alkanes of at least 4 members (excludes halogenated alkanes) is 2. The summed E-state index contributed by atoms with van der Waals surface area (Å²) in [6.45, 7) is 2.09. The molecule has 108 valence electrons. The van der Waals surface area contributed by atoms with Crippen LogP contribution >= 0.6 is 0 Å². The highest BCUT2D eigenvalue weighted by Crippen LogP contribution is 2.35. The molecule has 0 radical (unpaired) electrons. The van der Waals surface area contributed by atoms with Gasteiger partial charge in [0.25, 0.3) is 0 Å². The molecule has 2 nitrogen and oxygen atoms in total. The average molecular weight is 275 g/mol. The minimum atomic E-state index is -4.36. The van der Waals surface area contributed by atoms with Crippen LogP contribution in [0.1, 0.15) is 49.8 Å². The smallest absolute Gasteiger partial charge is 0.416 e. The molecule has 2 N–H and O–H groups in total. The van der Waals surface area contributed by atoms with Crippen molar-refractivity contribution < 1.29 is 17.9 Å². The molecule has 1 aromatic carbocycles. The van der Waals surface area contributed by atoms with Gasteiger partial charge in [0.15, 0.2) is 0 Å². The van der Waals surface area contributed by atoms with Crippen molar-refractivity contribution in [3.63, 3.8) is 0 Å². The van der Waals surface area contributed by atoms with Crippen molar-refractivity contribution in [3.05, 3.63) is 29.3 Å². The van der Waals surface area contributed by atoms with E-state index in [1.54, 1.807) is 0 Å². The van der Waals surface area contributed by atoms with Gasteiger partial charge in [-0.1, -0.05) is 32.3 Å². The Morgan fingerprint density at radius 1 is 1.26 bits per heavy atom. The Kier molecular flexibility index (Phi) is 5.66. The fraction of sp³-hybridized carbons (Fsp3) is 0.571. The van der Waals surface area contributed by atoms with Gasteiger partial charge >= 0.3 is 6.18 Å². The Morgan fingerprint density at radius 3 is 2.47 bits per heavy atom. The maximum atomic E-state index is 12.6. The third-order valence-corrected chi connectivity index (χ3v) is 3.08. The minimum Gasteiger partial charge on any atom is -0.496 e. The molecule has 0 aliphatic heterocycles. The molecule has 0 spiro atoms. The van der Waals surface area contributed by atoms with E-state index in [1.165, 1.54) is 13.2 Å². The molecule has 0 aliphatic rings. The van der Waals surface area contributed by atoms with Gasteiger partial charge in [-0.25, -0.2) is 0 Å². The molecule has 0 amide bonds. The Labute approximate surface area is 111 Å². The van der Waals surface area contributed by atoms with E-state index in [0.717, 1.165) is 37.8 Å². The number of benzene rings is 1. The number of ether oxygens (including phenoxy) is 1. The molecule has 1 rings (SSSR count). The largest absolute Gasteiger partial charge is 0.496 e. The van der Waals surface area contributed by atoms with E-state index < -0.39 is 11.7 Å². The van der Waals surface area contributed by atoms with E-state index in [2.05, 4.69) is 6.92 Å². The summed E-state index contributed by atoms with van der Waals surface area (Å²) >= 11 is 0. The molecule has 0 fully saturated rings. The molecule has 19 heavy (non-hydrogen) atoms. The lowest BCUT2D eigenvalue weighted by atomic mass is 9.99. The van der Waals surface area contributed by atoms with Crippen LogP contribution in [-0.4, -0.2) is 7.11 Å². The molecule has 0 heterocycles. The van der Waals surface area contributed by atoms with Crippen LogP contribution in [0.3, 0.4) is 0 Å². The van der Waals surface area contributed by atoms with Crippen molar-refractivity contribution in [3.8, 4) is 5.75 Å². The second-order valence-corrected chi connectivity index (χ2v) is 4.56. The first kappa shape index (κ1) is 15.8. The van der Waals surface area contributed by atoms with Crippen LogP contribution in [0.25, 0.3) is 0 Å². The fourth-order valence-electron chi connectivity index (χ4n) is 1.96. The van der Waals surface area contributed by atoms with Gasteiger partial charge in [-0.05, 0) is 18.6 Å². The third kappa shape index (κ3) is 4.42. The highest BCUT2D eigenvalue weighted by Gasteiger charge is 2.31. The Balaban J connectivity index is 2.89. The molecule has 0 saturated carbocycles. The molecule has 0 bridgehead atoms.